The van der Waals surface area contributed by atoms with Gasteiger partial charge in [0.05, 0.1) is 4.92 Å². The molecular weight excluding hydrogens is 306 g/mol. The maximum Gasteiger partial charge on any atom is 0.304 e. The van der Waals surface area contributed by atoms with Crippen LogP contribution >= 0.6 is 11.3 Å². The zero-order valence-electron chi connectivity index (χ0n) is 11.5. The number of nitrogens with one attached hydrogen (secondary N) is 1. The molecule has 0 atom stereocenters. The third-order valence-corrected chi connectivity index (χ3v) is 6.05. The van der Waals surface area contributed by atoms with E-state index in [1.165, 1.54) is 25.5 Å². The molecule has 0 aliphatic rings. The number of sulfonamides is 1. The summed E-state index contributed by atoms with van der Waals surface area (Å²) in [6.45, 7) is 0.739. The molecule has 114 valence electrons. The molecule has 0 saturated heterocycles. The minimum atomic E-state index is -3.71. The predicted molar refractivity (Wildman–Crippen MR) is 76.8 cm³/mol. The summed E-state index contributed by atoms with van der Waals surface area (Å²) in [6.07, 6.45) is 0.554. The van der Waals surface area contributed by atoms with Crippen LogP contribution in [0.4, 0.5) is 10.7 Å². The van der Waals surface area contributed by atoms with E-state index in [0.29, 0.717) is 13.0 Å². The molecule has 0 radical (unpaired) electrons. The van der Waals surface area contributed by atoms with Crippen molar-refractivity contribution in [3.05, 3.63) is 16.2 Å². The van der Waals surface area contributed by atoms with Gasteiger partial charge in [0, 0.05) is 40.4 Å². The molecule has 0 saturated carbocycles. The van der Waals surface area contributed by atoms with E-state index in [2.05, 4.69) is 5.32 Å². The Hall–Kier alpha value is -1.23. The molecule has 20 heavy (non-hydrogen) atoms. The van der Waals surface area contributed by atoms with E-state index in [-0.39, 0.29) is 21.4 Å². The van der Waals surface area contributed by atoms with E-state index >= 15 is 0 Å². The Bertz CT molecular complexity index is 569. The first kappa shape index (κ1) is 16.8. The van der Waals surface area contributed by atoms with Gasteiger partial charge in [-0.3, -0.25) is 10.1 Å². The first-order chi connectivity index (χ1) is 9.34. The molecule has 0 aliphatic carbocycles. The van der Waals surface area contributed by atoms with Crippen molar-refractivity contribution in [2.75, 3.05) is 39.7 Å². The van der Waals surface area contributed by atoms with Crippen LogP contribution in [-0.2, 0) is 14.8 Å². The van der Waals surface area contributed by atoms with E-state index in [1.807, 2.05) is 0 Å². The molecule has 8 nitrogen and oxygen atoms in total. The molecule has 0 bridgehead atoms. The third kappa shape index (κ3) is 3.66. The summed E-state index contributed by atoms with van der Waals surface area (Å²) in [7, 11) is 0.777. The van der Waals surface area contributed by atoms with Gasteiger partial charge in [-0.05, 0) is 6.42 Å². The van der Waals surface area contributed by atoms with Gasteiger partial charge in [0.25, 0.3) is 10.0 Å². The van der Waals surface area contributed by atoms with Crippen LogP contribution in [0.5, 0.6) is 0 Å². The van der Waals surface area contributed by atoms with Gasteiger partial charge < -0.3 is 10.1 Å². The maximum atomic E-state index is 12.3. The number of ether oxygens (including phenoxy) is 1. The molecule has 1 rings (SSSR count). The monoisotopic (exact) mass is 323 g/mol. The molecule has 10 heteroatoms. The number of hydrogen-bond donors (Lipinski definition) is 1. The van der Waals surface area contributed by atoms with Gasteiger partial charge >= 0.3 is 5.69 Å². The number of nitro groups is 1. The molecule has 0 aliphatic heterocycles. The van der Waals surface area contributed by atoms with Crippen LogP contribution in [0.1, 0.15) is 6.42 Å². The standard InChI is InChI=1S/C10H17N3O5S2/c1-11-10-8(13(14)15)7-9(19-10)20(16,17)12(2)5-4-6-18-3/h7,11H,4-6H2,1-3H3. The molecule has 0 fully saturated rings. The van der Waals surface area contributed by atoms with E-state index in [0.717, 1.165) is 17.4 Å². The van der Waals surface area contributed by atoms with Crippen molar-refractivity contribution in [3.63, 3.8) is 0 Å². The second kappa shape index (κ2) is 6.97. The van der Waals surface area contributed by atoms with Crippen LogP contribution < -0.4 is 5.32 Å². The van der Waals surface area contributed by atoms with Gasteiger partial charge in [-0.2, -0.15) is 0 Å². The van der Waals surface area contributed by atoms with Crippen LogP contribution in [0.15, 0.2) is 10.3 Å². The van der Waals surface area contributed by atoms with Crippen LogP contribution in [0, 0.1) is 10.1 Å². The Morgan fingerprint density at radius 2 is 2.20 bits per heavy atom. The number of thiophene rings is 1. The van der Waals surface area contributed by atoms with E-state index in [9.17, 15) is 18.5 Å². The fraction of sp³-hybridized carbons (Fsp3) is 0.600. The summed E-state index contributed by atoms with van der Waals surface area (Å²) in [5.41, 5.74) is -0.235. The topological polar surface area (TPSA) is 102 Å². The zero-order chi connectivity index (χ0) is 15.3. The summed E-state index contributed by atoms with van der Waals surface area (Å²) in [5.74, 6) is 0. The van der Waals surface area contributed by atoms with Crippen molar-refractivity contribution in [1.82, 2.24) is 4.31 Å². The van der Waals surface area contributed by atoms with Crippen molar-refractivity contribution < 1.29 is 18.1 Å². The summed E-state index contributed by atoms with van der Waals surface area (Å²) in [4.78, 5) is 10.2. The van der Waals surface area contributed by atoms with Gasteiger partial charge in [-0.15, -0.1) is 0 Å². The molecule has 0 unspecified atom stereocenters. The van der Waals surface area contributed by atoms with Crippen molar-refractivity contribution in [2.45, 2.75) is 10.6 Å². The van der Waals surface area contributed by atoms with Gasteiger partial charge in [-0.1, -0.05) is 11.3 Å². The normalized spacial score (nSPS) is 11.8. The second-order valence-electron chi connectivity index (χ2n) is 3.96. The first-order valence-corrected chi connectivity index (χ1v) is 8.01. The molecule has 0 spiro atoms. The number of rotatable bonds is 8. The lowest BCUT2D eigenvalue weighted by atomic mass is 10.5. The Morgan fingerprint density at radius 1 is 1.55 bits per heavy atom. The minimum Gasteiger partial charge on any atom is -0.385 e. The van der Waals surface area contributed by atoms with Crippen molar-refractivity contribution in [2.24, 2.45) is 0 Å². The predicted octanol–water partition coefficient (Wildman–Crippen LogP) is 1.35. The summed E-state index contributed by atoms with van der Waals surface area (Å²) < 4.78 is 30.5. The van der Waals surface area contributed by atoms with E-state index in [4.69, 9.17) is 4.74 Å². The quantitative estimate of drug-likeness (QED) is 0.440. The van der Waals surface area contributed by atoms with Gasteiger partial charge in [-0.25, -0.2) is 12.7 Å². The van der Waals surface area contributed by atoms with Crippen molar-refractivity contribution in [1.29, 1.82) is 0 Å². The highest BCUT2D eigenvalue weighted by molar-refractivity contribution is 7.91. The molecular formula is C10H17N3O5S2. The van der Waals surface area contributed by atoms with E-state index < -0.39 is 14.9 Å². The van der Waals surface area contributed by atoms with Crippen LogP contribution in [0.3, 0.4) is 0 Å². The average Bonchev–Trinajstić information content (AvgIpc) is 2.83. The zero-order valence-corrected chi connectivity index (χ0v) is 13.1. The highest BCUT2D eigenvalue weighted by Crippen LogP contribution is 2.37. The SMILES string of the molecule is CNc1sc(S(=O)(=O)N(C)CCCOC)cc1[N+](=O)[O-]. The lowest BCUT2D eigenvalue weighted by Crippen LogP contribution is -2.28. The lowest BCUT2D eigenvalue weighted by molar-refractivity contribution is -0.383. The lowest BCUT2D eigenvalue weighted by Gasteiger charge is -2.15. The van der Waals surface area contributed by atoms with Crippen molar-refractivity contribution >= 4 is 32.0 Å². The van der Waals surface area contributed by atoms with Gasteiger partial charge in [0.15, 0.2) is 5.00 Å². The highest BCUT2D eigenvalue weighted by Gasteiger charge is 2.28. The molecule has 0 amide bonds. The van der Waals surface area contributed by atoms with Gasteiger partial charge in [0.1, 0.15) is 4.21 Å². The minimum absolute atomic E-state index is 0.0477. The highest BCUT2D eigenvalue weighted by atomic mass is 32.2. The number of anilines is 1. The van der Waals surface area contributed by atoms with Crippen LogP contribution in [-0.4, -0.2) is 52.0 Å². The molecule has 0 aromatic carbocycles. The molecule has 1 heterocycles. The van der Waals surface area contributed by atoms with Crippen LogP contribution in [0.25, 0.3) is 0 Å². The number of methoxy groups -OCH3 is 1. The fourth-order valence-corrected chi connectivity index (χ4v) is 4.21. The van der Waals surface area contributed by atoms with E-state index in [1.54, 1.807) is 0 Å². The smallest absolute Gasteiger partial charge is 0.304 e. The molecule has 1 aromatic heterocycles. The molecule has 1 aromatic rings. The average molecular weight is 323 g/mol. The van der Waals surface area contributed by atoms with Gasteiger partial charge in [0.2, 0.25) is 0 Å². The Kier molecular flexibility index (Phi) is 5.87. The Labute approximate surface area is 121 Å². The number of hydrogen-bond acceptors (Lipinski definition) is 7. The first-order valence-electron chi connectivity index (χ1n) is 5.75. The Morgan fingerprint density at radius 3 is 2.65 bits per heavy atom. The summed E-state index contributed by atoms with van der Waals surface area (Å²) in [6, 6.07) is 1.08. The van der Waals surface area contributed by atoms with Crippen molar-refractivity contribution in [3.8, 4) is 0 Å². The Balaban J connectivity index is 3.00. The third-order valence-electron chi connectivity index (χ3n) is 2.60. The second-order valence-corrected chi connectivity index (χ2v) is 7.28. The fourth-order valence-electron chi connectivity index (χ4n) is 1.51. The van der Waals surface area contributed by atoms with Crippen LogP contribution in [0.2, 0.25) is 0 Å². The largest absolute Gasteiger partial charge is 0.385 e. The summed E-state index contributed by atoms with van der Waals surface area (Å²) in [5, 5.41) is 13.7. The number of nitrogens with zero attached hydrogens (tertiary/aromatic N) is 2. The summed E-state index contributed by atoms with van der Waals surface area (Å²) >= 11 is 0.849. The maximum absolute atomic E-state index is 12.3. The molecule has 1 N–H and O–H groups in total.